The molecule has 37 heavy (non-hydrogen) atoms. The molecule has 1 N–H and O–H groups in total. The first kappa shape index (κ1) is 30.1. The van der Waals surface area contributed by atoms with Gasteiger partial charge in [-0.1, -0.05) is 71.0 Å². The van der Waals surface area contributed by atoms with E-state index in [0.717, 1.165) is 23.4 Å². The van der Waals surface area contributed by atoms with Crippen LogP contribution in [0.1, 0.15) is 57.7 Å². The summed E-state index contributed by atoms with van der Waals surface area (Å²) in [4.78, 5) is 2.28. The number of rotatable bonds is 7. The Hall–Kier alpha value is -3.08. The lowest BCUT2D eigenvalue weighted by Gasteiger charge is -2.33. The molecule has 2 heterocycles. The number of sulfonamides is 1. The first-order valence-electron chi connectivity index (χ1n) is 13.4. The van der Waals surface area contributed by atoms with Crippen molar-refractivity contribution in [1.29, 1.82) is 5.26 Å². The molecule has 0 aliphatic carbocycles. The number of hydrogen-bond acceptors (Lipinski definition) is 5. The fourth-order valence-corrected chi connectivity index (χ4v) is 6.27. The van der Waals surface area contributed by atoms with Gasteiger partial charge in [-0.3, -0.25) is 0 Å². The summed E-state index contributed by atoms with van der Waals surface area (Å²) in [6.07, 6.45) is 7.24. The van der Waals surface area contributed by atoms with E-state index in [1.54, 1.807) is 4.31 Å². The Morgan fingerprint density at radius 1 is 1.08 bits per heavy atom. The lowest BCUT2D eigenvalue weighted by Crippen LogP contribution is -2.47. The Bertz CT molecular complexity index is 1180. The van der Waals surface area contributed by atoms with Gasteiger partial charge in [0.2, 0.25) is 10.0 Å². The van der Waals surface area contributed by atoms with E-state index in [1.807, 2.05) is 83.3 Å². The van der Waals surface area contributed by atoms with Crippen LogP contribution in [0, 0.1) is 11.3 Å². The Morgan fingerprint density at radius 3 is 2.43 bits per heavy atom. The van der Waals surface area contributed by atoms with Crippen LogP contribution in [0.3, 0.4) is 0 Å². The number of nitriles is 1. The first-order valence-corrected chi connectivity index (χ1v) is 15.0. The van der Waals surface area contributed by atoms with Gasteiger partial charge in [0.25, 0.3) is 0 Å². The molecule has 2 aromatic rings. The molecule has 0 amide bonds. The van der Waals surface area contributed by atoms with Crippen LogP contribution in [0.4, 0.5) is 5.69 Å². The van der Waals surface area contributed by atoms with Crippen molar-refractivity contribution in [2.45, 2.75) is 60.0 Å². The number of anilines is 1. The first-order chi connectivity index (χ1) is 18.0. The molecular formula is C30H42N4O2S. The summed E-state index contributed by atoms with van der Waals surface area (Å²) in [6, 6.07) is 17.7. The molecule has 4 rings (SSSR count). The normalized spacial score (nSPS) is 16.9. The highest BCUT2D eigenvalue weighted by molar-refractivity contribution is 7.89. The zero-order chi connectivity index (χ0) is 27.3. The Kier molecular flexibility index (Phi) is 12.4. The van der Waals surface area contributed by atoms with Gasteiger partial charge in [-0.05, 0) is 60.0 Å². The van der Waals surface area contributed by atoms with E-state index in [4.69, 9.17) is 0 Å². The number of benzene rings is 2. The molecule has 0 aromatic heterocycles. The van der Waals surface area contributed by atoms with Gasteiger partial charge in [0.1, 0.15) is 0 Å². The molecule has 0 saturated carbocycles. The molecule has 6 nitrogen and oxygen atoms in total. The molecule has 1 atom stereocenters. The number of fused-ring (bicyclic) bond motifs is 1. The Morgan fingerprint density at radius 2 is 1.81 bits per heavy atom. The number of allylic oxidation sites excluding steroid dienone is 2. The van der Waals surface area contributed by atoms with Gasteiger partial charge in [0.05, 0.1) is 17.4 Å². The topological polar surface area (TPSA) is 76.4 Å². The minimum absolute atomic E-state index is 0.116. The molecular weight excluding hydrogens is 480 g/mol. The monoisotopic (exact) mass is 522 g/mol. The van der Waals surface area contributed by atoms with E-state index in [0.29, 0.717) is 31.5 Å². The predicted octanol–water partition coefficient (Wildman–Crippen LogP) is 5.63. The minimum atomic E-state index is -3.46. The lowest BCUT2D eigenvalue weighted by molar-refractivity contribution is 0.319. The van der Waals surface area contributed by atoms with Gasteiger partial charge in [0, 0.05) is 37.9 Å². The number of hydrogen-bond donors (Lipinski definition) is 1. The Balaban J connectivity index is 0.00000115. The van der Waals surface area contributed by atoms with Gasteiger partial charge in [0.15, 0.2) is 0 Å². The highest BCUT2D eigenvalue weighted by atomic mass is 32.2. The molecule has 0 fully saturated rings. The molecule has 200 valence electrons. The fourth-order valence-electron chi connectivity index (χ4n) is 4.59. The SMILES string of the molecule is CC.CC.CCCS(=O)(=O)N1Cc2cc(C#N)ccc2N(CC2=CC=CNC2)C[C@H]1Cc1ccccc1. The van der Waals surface area contributed by atoms with Gasteiger partial charge >= 0.3 is 0 Å². The van der Waals surface area contributed by atoms with E-state index in [9.17, 15) is 13.7 Å². The maximum Gasteiger partial charge on any atom is 0.214 e. The molecule has 7 heteroatoms. The van der Waals surface area contributed by atoms with Crippen LogP contribution >= 0.6 is 0 Å². The lowest BCUT2D eigenvalue weighted by atomic mass is 10.0. The van der Waals surface area contributed by atoms with Crippen molar-refractivity contribution in [2.24, 2.45) is 0 Å². The van der Waals surface area contributed by atoms with Crippen molar-refractivity contribution < 1.29 is 8.42 Å². The molecule has 2 aliphatic heterocycles. The third-order valence-electron chi connectivity index (χ3n) is 6.12. The summed E-state index contributed by atoms with van der Waals surface area (Å²) in [5.41, 5.74) is 4.77. The molecule has 0 spiro atoms. The zero-order valence-electron chi connectivity index (χ0n) is 22.9. The maximum absolute atomic E-state index is 13.4. The second kappa shape index (κ2) is 15.2. The predicted molar refractivity (Wildman–Crippen MR) is 155 cm³/mol. The van der Waals surface area contributed by atoms with Crippen molar-refractivity contribution >= 4 is 15.7 Å². The Labute approximate surface area is 224 Å². The molecule has 2 aromatic carbocycles. The van der Waals surface area contributed by atoms with E-state index in [-0.39, 0.29) is 18.3 Å². The van der Waals surface area contributed by atoms with Crippen molar-refractivity contribution in [3.05, 3.63) is 89.1 Å². The largest absolute Gasteiger partial charge is 0.387 e. The quantitative estimate of drug-likeness (QED) is 0.510. The molecule has 0 bridgehead atoms. The second-order valence-corrected chi connectivity index (χ2v) is 10.6. The summed E-state index contributed by atoms with van der Waals surface area (Å²) in [5, 5.41) is 12.7. The number of nitrogens with one attached hydrogen (secondary N) is 1. The van der Waals surface area contributed by atoms with Crippen LogP contribution in [0.15, 0.2) is 72.5 Å². The van der Waals surface area contributed by atoms with Crippen LogP contribution in [-0.4, -0.2) is 44.2 Å². The van der Waals surface area contributed by atoms with E-state index < -0.39 is 10.0 Å². The van der Waals surface area contributed by atoms with E-state index >= 15 is 0 Å². The third kappa shape index (κ3) is 8.21. The fraction of sp³-hybridized carbons (Fsp3) is 0.433. The summed E-state index contributed by atoms with van der Waals surface area (Å²) >= 11 is 0. The van der Waals surface area contributed by atoms with Crippen molar-refractivity contribution in [2.75, 3.05) is 30.3 Å². The standard InChI is InChI=1S/C26H30N4O2S.2C2H6/c1-2-13-33(31,32)30-19-24-14-22(16-27)10-11-26(24)29(18-23-9-6-12-28-17-23)20-25(30)15-21-7-4-3-5-8-21;2*1-2/h3-12,14,25,28H,2,13,15,17-20H2,1H3;2*1-2H3/t25-;;/m1../s1. The number of dihydropyridines is 1. The number of nitrogens with zero attached hydrogens (tertiary/aromatic N) is 3. The van der Waals surface area contributed by atoms with Crippen LogP contribution in [0.5, 0.6) is 0 Å². The average Bonchev–Trinajstić information content (AvgIpc) is 3.09. The van der Waals surface area contributed by atoms with E-state index in [1.165, 1.54) is 5.57 Å². The van der Waals surface area contributed by atoms with Gasteiger partial charge < -0.3 is 10.2 Å². The summed E-state index contributed by atoms with van der Waals surface area (Å²) in [5.74, 6) is 0.116. The second-order valence-electron chi connectivity index (χ2n) is 8.61. The summed E-state index contributed by atoms with van der Waals surface area (Å²) in [6.45, 7) is 12.2. The van der Waals surface area contributed by atoms with Gasteiger partial charge in [-0.2, -0.15) is 9.57 Å². The van der Waals surface area contributed by atoms with Crippen molar-refractivity contribution in [1.82, 2.24) is 9.62 Å². The van der Waals surface area contributed by atoms with Crippen LogP contribution < -0.4 is 10.2 Å². The van der Waals surface area contributed by atoms with E-state index in [2.05, 4.69) is 34.5 Å². The van der Waals surface area contributed by atoms with Crippen molar-refractivity contribution in [3.8, 4) is 6.07 Å². The highest BCUT2D eigenvalue weighted by Gasteiger charge is 2.35. The molecule has 0 saturated heterocycles. The molecule has 0 radical (unpaired) electrons. The molecule has 0 unspecified atom stereocenters. The smallest absolute Gasteiger partial charge is 0.214 e. The molecule has 2 aliphatic rings. The average molecular weight is 523 g/mol. The third-order valence-corrected chi connectivity index (χ3v) is 8.18. The van der Waals surface area contributed by atoms with Crippen LogP contribution in [-0.2, 0) is 23.0 Å². The zero-order valence-corrected chi connectivity index (χ0v) is 23.8. The maximum atomic E-state index is 13.4. The van der Waals surface area contributed by atoms with Crippen LogP contribution in [0.2, 0.25) is 0 Å². The van der Waals surface area contributed by atoms with Crippen molar-refractivity contribution in [3.63, 3.8) is 0 Å². The van der Waals surface area contributed by atoms with Gasteiger partial charge in [-0.15, -0.1) is 0 Å². The van der Waals surface area contributed by atoms with Crippen LogP contribution in [0.25, 0.3) is 0 Å². The summed E-state index contributed by atoms with van der Waals surface area (Å²) in [7, 11) is -3.46. The van der Waals surface area contributed by atoms with Gasteiger partial charge in [-0.25, -0.2) is 8.42 Å². The minimum Gasteiger partial charge on any atom is -0.387 e. The summed E-state index contributed by atoms with van der Waals surface area (Å²) < 4.78 is 28.5. The highest BCUT2D eigenvalue weighted by Crippen LogP contribution is 2.32.